The van der Waals surface area contributed by atoms with Gasteiger partial charge >= 0.3 is 5.69 Å². The van der Waals surface area contributed by atoms with Gasteiger partial charge in [-0.1, -0.05) is 0 Å². The van der Waals surface area contributed by atoms with E-state index in [0.717, 1.165) is 0 Å². The van der Waals surface area contributed by atoms with Gasteiger partial charge in [-0.2, -0.15) is 14.9 Å². The number of rotatable bonds is 5. The molecule has 0 aliphatic rings. The third kappa shape index (κ3) is 3.59. The minimum absolute atomic E-state index is 0.171. The molecule has 27 heavy (non-hydrogen) atoms. The first-order valence-corrected chi connectivity index (χ1v) is 6.88. The van der Waals surface area contributed by atoms with Gasteiger partial charge in [0, 0.05) is 24.7 Å². The zero-order chi connectivity index (χ0) is 20.3. The predicted octanol–water partition coefficient (Wildman–Crippen LogP) is 3.28. The molecule has 2 aromatic rings. The molecular weight excluding hydrogens is 371 g/mol. The van der Waals surface area contributed by atoms with Crippen LogP contribution in [-0.4, -0.2) is 9.85 Å². The van der Waals surface area contributed by atoms with Crippen molar-refractivity contribution in [3.05, 3.63) is 72.6 Å². The van der Waals surface area contributed by atoms with Gasteiger partial charge in [0.15, 0.2) is 0 Å². The SMILES string of the molecule is N#Cc1cc([N+](=O)[O-])c(NCc2c(C#N)c(F)cc(F)c2[N+](=O)[O-])cc1F. The van der Waals surface area contributed by atoms with Crippen molar-refractivity contribution in [1.29, 1.82) is 10.5 Å². The molecule has 0 aliphatic heterocycles. The van der Waals surface area contributed by atoms with E-state index in [-0.39, 0.29) is 6.07 Å². The number of nitrogens with one attached hydrogen (secondary N) is 1. The number of hydrogen-bond acceptors (Lipinski definition) is 7. The van der Waals surface area contributed by atoms with Crippen LogP contribution in [0.1, 0.15) is 16.7 Å². The van der Waals surface area contributed by atoms with E-state index in [9.17, 15) is 33.4 Å². The van der Waals surface area contributed by atoms with Crippen LogP contribution in [0, 0.1) is 60.3 Å². The quantitative estimate of drug-likeness (QED) is 0.621. The fourth-order valence-electron chi connectivity index (χ4n) is 2.27. The van der Waals surface area contributed by atoms with E-state index in [4.69, 9.17) is 10.5 Å². The van der Waals surface area contributed by atoms with Crippen molar-refractivity contribution in [3.8, 4) is 12.1 Å². The van der Waals surface area contributed by atoms with Crippen molar-refractivity contribution in [2.24, 2.45) is 0 Å². The second-order valence-electron chi connectivity index (χ2n) is 4.98. The molecule has 1 N–H and O–H groups in total. The molecule has 0 fully saturated rings. The standard InChI is InChI=1S/C15H6F3N5O4/c16-10-3-13(14(22(24)25)1-7(10)4-19)21-6-9-8(5-20)11(17)2-12(18)15(9)23(26)27/h1-3,21H,6H2. The van der Waals surface area contributed by atoms with Crippen LogP contribution < -0.4 is 5.32 Å². The van der Waals surface area contributed by atoms with Crippen LogP contribution >= 0.6 is 0 Å². The van der Waals surface area contributed by atoms with Crippen LogP contribution in [0.3, 0.4) is 0 Å². The Balaban J connectivity index is 2.57. The minimum Gasteiger partial charge on any atom is -0.375 e. The fourth-order valence-corrected chi connectivity index (χ4v) is 2.27. The zero-order valence-electron chi connectivity index (χ0n) is 13.0. The molecule has 0 bridgehead atoms. The number of nitro groups is 2. The lowest BCUT2D eigenvalue weighted by Crippen LogP contribution is -2.10. The lowest BCUT2D eigenvalue weighted by Gasteiger charge is -2.11. The highest BCUT2D eigenvalue weighted by Gasteiger charge is 2.28. The minimum atomic E-state index is -1.55. The number of nitrogens with zero attached hydrogens (tertiary/aromatic N) is 4. The molecule has 2 rings (SSSR count). The van der Waals surface area contributed by atoms with Crippen LogP contribution in [-0.2, 0) is 6.54 Å². The van der Waals surface area contributed by atoms with Gasteiger partial charge < -0.3 is 5.32 Å². The Kier molecular flexibility index (Phi) is 5.22. The first kappa shape index (κ1) is 19.1. The van der Waals surface area contributed by atoms with Gasteiger partial charge in [0.25, 0.3) is 5.69 Å². The Hall–Kier alpha value is -4.19. The van der Waals surface area contributed by atoms with Crippen LogP contribution in [0.25, 0.3) is 0 Å². The van der Waals surface area contributed by atoms with Crippen molar-refractivity contribution in [2.75, 3.05) is 5.32 Å². The first-order valence-electron chi connectivity index (χ1n) is 6.88. The van der Waals surface area contributed by atoms with E-state index in [2.05, 4.69) is 5.32 Å². The number of nitro benzene ring substituents is 2. The largest absolute Gasteiger partial charge is 0.375 e. The average Bonchev–Trinajstić information content (AvgIpc) is 2.58. The molecule has 2 aromatic carbocycles. The van der Waals surface area contributed by atoms with Gasteiger partial charge in [-0.3, -0.25) is 20.2 Å². The van der Waals surface area contributed by atoms with Crippen molar-refractivity contribution in [3.63, 3.8) is 0 Å². The predicted molar refractivity (Wildman–Crippen MR) is 82.8 cm³/mol. The van der Waals surface area contributed by atoms with E-state index in [1.165, 1.54) is 12.1 Å². The highest BCUT2D eigenvalue weighted by molar-refractivity contribution is 5.65. The summed E-state index contributed by atoms with van der Waals surface area (Å²) < 4.78 is 41.2. The summed E-state index contributed by atoms with van der Waals surface area (Å²) in [6.07, 6.45) is 0. The highest BCUT2D eigenvalue weighted by atomic mass is 19.1. The third-order valence-electron chi connectivity index (χ3n) is 3.46. The van der Waals surface area contributed by atoms with Crippen molar-refractivity contribution in [1.82, 2.24) is 0 Å². The third-order valence-corrected chi connectivity index (χ3v) is 3.46. The fraction of sp³-hybridized carbons (Fsp3) is 0.0667. The summed E-state index contributed by atoms with van der Waals surface area (Å²) in [7, 11) is 0. The number of anilines is 1. The number of benzene rings is 2. The van der Waals surface area contributed by atoms with E-state index < -0.39 is 67.6 Å². The summed E-state index contributed by atoms with van der Waals surface area (Å²) in [6.45, 7) is -0.792. The number of halogens is 3. The summed E-state index contributed by atoms with van der Waals surface area (Å²) in [6, 6.07) is 4.15. The average molecular weight is 377 g/mol. The van der Waals surface area contributed by atoms with E-state index in [1.54, 1.807) is 0 Å². The summed E-state index contributed by atoms with van der Waals surface area (Å²) >= 11 is 0. The molecule has 12 heteroatoms. The van der Waals surface area contributed by atoms with Crippen molar-refractivity contribution < 1.29 is 23.0 Å². The Morgan fingerprint density at radius 1 is 0.963 bits per heavy atom. The van der Waals surface area contributed by atoms with Crippen molar-refractivity contribution >= 4 is 17.1 Å². The molecule has 0 aliphatic carbocycles. The maximum atomic E-state index is 13.8. The van der Waals surface area contributed by atoms with Crippen molar-refractivity contribution in [2.45, 2.75) is 6.54 Å². The molecule has 0 unspecified atom stereocenters. The maximum Gasteiger partial charge on any atom is 0.311 e. The first-order chi connectivity index (χ1) is 12.7. The number of hydrogen-bond donors (Lipinski definition) is 1. The van der Waals surface area contributed by atoms with Crippen LogP contribution in [0.4, 0.5) is 30.2 Å². The molecular formula is C15H6F3N5O4. The molecule has 0 amide bonds. The molecule has 0 aromatic heterocycles. The summed E-state index contributed by atoms with van der Waals surface area (Å²) in [4.78, 5) is 20.0. The molecule has 0 saturated carbocycles. The Bertz CT molecular complexity index is 1060. The highest BCUT2D eigenvalue weighted by Crippen LogP contribution is 2.32. The molecule has 136 valence electrons. The van der Waals surface area contributed by atoms with E-state index in [0.29, 0.717) is 12.1 Å². The zero-order valence-corrected chi connectivity index (χ0v) is 13.0. The van der Waals surface area contributed by atoms with Gasteiger partial charge in [-0.05, 0) is 0 Å². The Morgan fingerprint density at radius 3 is 2.15 bits per heavy atom. The molecule has 0 heterocycles. The van der Waals surface area contributed by atoms with Gasteiger partial charge in [0.1, 0.15) is 29.5 Å². The second-order valence-corrected chi connectivity index (χ2v) is 4.98. The van der Waals surface area contributed by atoms with Gasteiger partial charge in [-0.25, -0.2) is 8.78 Å². The Morgan fingerprint density at radius 2 is 1.63 bits per heavy atom. The maximum absolute atomic E-state index is 13.8. The smallest absolute Gasteiger partial charge is 0.311 e. The second kappa shape index (κ2) is 7.37. The van der Waals surface area contributed by atoms with E-state index in [1.807, 2.05) is 0 Å². The summed E-state index contributed by atoms with van der Waals surface area (Å²) in [5.74, 6) is -4.03. The monoisotopic (exact) mass is 377 g/mol. The van der Waals surface area contributed by atoms with E-state index >= 15 is 0 Å². The van der Waals surface area contributed by atoms with Crippen LogP contribution in [0.15, 0.2) is 18.2 Å². The van der Waals surface area contributed by atoms with Gasteiger partial charge in [-0.15, -0.1) is 0 Å². The lowest BCUT2D eigenvalue weighted by molar-refractivity contribution is -0.388. The van der Waals surface area contributed by atoms with Crippen LogP contribution in [0.5, 0.6) is 0 Å². The number of nitriles is 2. The molecule has 0 radical (unpaired) electrons. The van der Waals surface area contributed by atoms with Gasteiger partial charge in [0.2, 0.25) is 5.82 Å². The van der Waals surface area contributed by atoms with Crippen LogP contribution in [0.2, 0.25) is 0 Å². The molecule has 0 spiro atoms. The van der Waals surface area contributed by atoms with Gasteiger partial charge in [0.05, 0.1) is 26.5 Å². The molecule has 0 saturated heterocycles. The Labute approximate surface area is 148 Å². The summed E-state index contributed by atoms with van der Waals surface area (Å²) in [5.41, 5.74) is -4.61. The topological polar surface area (TPSA) is 146 Å². The normalized spacial score (nSPS) is 9.96. The molecule has 9 nitrogen and oxygen atoms in total. The lowest BCUT2D eigenvalue weighted by atomic mass is 10.0. The molecule has 0 atom stereocenters. The summed E-state index contributed by atoms with van der Waals surface area (Å²) in [5, 5.41) is 42.1.